The van der Waals surface area contributed by atoms with E-state index in [-0.39, 0.29) is 5.97 Å². The summed E-state index contributed by atoms with van der Waals surface area (Å²) in [6, 6.07) is 5.59. The monoisotopic (exact) mass is 282 g/mol. The molecule has 5 heteroatoms. The molecular weight excluding hydrogens is 260 g/mol. The maximum Gasteiger partial charge on any atom is 0.337 e. The summed E-state index contributed by atoms with van der Waals surface area (Å²) in [5.41, 5.74) is 8.07. The fourth-order valence-electron chi connectivity index (χ4n) is 1.81. The molecule has 1 aromatic rings. The molecule has 1 rings (SSSR count). The van der Waals surface area contributed by atoms with E-state index in [4.69, 9.17) is 10.5 Å². The number of ether oxygens (including phenoxy) is 1. The molecule has 19 heavy (non-hydrogen) atoms. The molecule has 1 atom stereocenters. The molecule has 0 fully saturated rings. The minimum atomic E-state index is -0.341. The molecule has 0 heterocycles. The SMILES string of the molecule is COC(=O)c1ccc(N)c(N(C)C(C)CCSC)c1. The lowest BCUT2D eigenvalue weighted by Gasteiger charge is -2.28. The van der Waals surface area contributed by atoms with E-state index in [2.05, 4.69) is 18.1 Å². The van der Waals surface area contributed by atoms with E-state index in [0.717, 1.165) is 17.9 Å². The summed E-state index contributed by atoms with van der Waals surface area (Å²) in [7, 11) is 3.38. The van der Waals surface area contributed by atoms with Crippen molar-refractivity contribution in [1.82, 2.24) is 0 Å². The highest BCUT2D eigenvalue weighted by atomic mass is 32.2. The fourth-order valence-corrected chi connectivity index (χ4v) is 2.39. The average Bonchev–Trinajstić information content (AvgIpc) is 2.43. The van der Waals surface area contributed by atoms with Crippen molar-refractivity contribution in [2.75, 3.05) is 36.8 Å². The summed E-state index contributed by atoms with van der Waals surface area (Å²) in [6.07, 6.45) is 3.17. The van der Waals surface area contributed by atoms with Crippen molar-refractivity contribution >= 4 is 29.1 Å². The van der Waals surface area contributed by atoms with Gasteiger partial charge in [-0.25, -0.2) is 4.79 Å². The van der Waals surface area contributed by atoms with E-state index in [1.165, 1.54) is 7.11 Å². The summed E-state index contributed by atoms with van der Waals surface area (Å²) >= 11 is 1.83. The number of thioether (sulfide) groups is 1. The lowest BCUT2D eigenvalue weighted by atomic mass is 10.1. The summed E-state index contributed by atoms with van der Waals surface area (Å²) in [5, 5.41) is 0. The van der Waals surface area contributed by atoms with Gasteiger partial charge >= 0.3 is 5.97 Å². The Morgan fingerprint density at radius 1 is 1.53 bits per heavy atom. The Morgan fingerprint density at radius 2 is 2.21 bits per heavy atom. The summed E-state index contributed by atoms with van der Waals surface area (Å²) in [4.78, 5) is 13.7. The fraction of sp³-hybridized carbons (Fsp3) is 0.500. The number of anilines is 2. The first-order valence-corrected chi connectivity index (χ1v) is 7.60. The number of hydrogen-bond acceptors (Lipinski definition) is 5. The van der Waals surface area contributed by atoms with Crippen LogP contribution in [0.1, 0.15) is 23.7 Å². The van der Waals surface area contributed by atoms with Gasteiger partial charge in [0, 0.05) is 13.1 Å². The van der Waals surface area contributed by atoms with Gasteiger partial charge in [0.25, 0.3) is 0 Å². The summed E-state index contributed by atoms with van der Waals surface area (Å²) in [6.45, 7) is 2.15. The van der Waals surface area contributed by atoms with Gasteiger partial charge in [0.15, 0.2) is 0 Å². The van der Waals surface area contributed by atoms with Crippen LogP contribution in [0.15, 0.2) is 18.2 Å². The molecule has 1 aromatic carbocycles. The predicted octanol–water partition coefficient (Wildman–Crippen LogP) is 2.63. The zero-order valence-corrected chi connectivity index (χ0v) is 12.8. The Hall–Kier alpha value is -1.36. The minimum Gasteiger partial charge on any atom is -0.465 e. The Balaban J connectivity index is 2.94. The Bertz CT molecular complexity index is 437. The van der Waals surface area contributed by atoms with Gasteiger partial charge in [-0.05, 0) is 43.6 Å². The molecule has 4 nitrogen and oxygen atoms in total. The molecular formula is C14H22N2O2S. The van der Waals surface area contributed by atoms with Crippen LogP contribution in [-0.4, -0.2) is 38.2 Å². The first kappa shape index (κ1) is 15.7. The summed E-state index contributed by atoms with van der Waals surface area (Å²) in [5.74, 6) is 0.758. The van der Waals surface area contributed by atoms with E-state index in [1.54, 1.807) is 18.2 Å². The van der Waals surface area contributed by atoms with Crippen LogP contribution >= 0.6 is 11.8 Å². The number of methoxy groups -OCH3 is 1. The third kappa shape index (κ3) is 4.06. The van der Waals surface area contributed by atoms with Crippen LogP contribution in [-0.2, 0) is 4.74 Å². The number of hydrogen-bond donors (Lipinski definition) is 1. The third-order valence-corrected chi connectivity index (χ3v) is 3.88. The van der Waals surface area contributed by atoms with Crippen LogP contribution < -0.4 is 10.6 Å². The van der Waals surface area contributed by atoms with Gasteiger partial charge in [-0.2, -0.15) is 11.8 Å². The maximum atomic E-state index is 11.6. The lowest BCUT2D eigenvalue weighted by Crippen LogP contribution is -2.30. The normalized spacial score (nSPS) is 12.0. The Labute approximate surface area is 119 Å². The summed E-state index contributed by atoms with van der Waals surface area (Å²) < 4.78 is 4.73. The molecule has 1 unspecified atom stereocenters. The van der Waals surface area contributed by atoms with E-state index >= 15 is 0 Å². The minimum absolute atomic E-state index is 0.341. The molecule has 0 spiro atoms. The molecule has 0 aliphatic heterocycles. The molecule has 0 aliphatic rings. The van der Waals surface area contributed by atoms with Crippen molar-refractivity contribution < 1.29 is 9.53 Å². The molecule has 0 saturated heterocycles. The van der Waals surface area contributed by atoms with Crippen LogP contribution in [0.4, 0.5) is 11.4 Å². The second kappa shape index (κ2) is 7.28. The first-order valence-electron chi connectivity index (χ1n) is 6.20. The molecule has 0 aromatic heterocycles. The van der Waals surface area contributed by atoms with Gasteiger partial charge in [-0.1, -0.05) is 0 Å². The number of nitrogen functional groups attached to an aromatic ring is 1. The second-order valence-electron chi connectivity index (χ2n) is 4.51. The molecule has 0 aliphatic carbocycles. The number of carbonyl (C=O) groups is 1. The third-order valence-electron chi connectivity index (χ3n) is 3.23. The molecule has 2 N–H and O–H groups in total. The molecule has 106 valence electrons. The second-order valence-corrected chi connectivity index (χ2v) is 5.49. The highest BCUT2D eigenvalue weighted by molar-refractivity contribution is 7.98. The standard InChI is InChI=1S/C14H22N2O2S/c1-10(7-8-19-4)16(2)13-9-11(14(17)18-3)5-6-12(13)15/h5-6,9-10H,7-8,15H2,1-4H3. The van der Waals surface area contributed by atoms with Gasteiger partial charge in [0.1, 0.15) is 0 Å². The van der Waals surface area contributed by atoms with Crippen LogP contribution in [0.3, 0.4) is 0 Å². The van der Waals surface area contributed by atoms with Crippen molar-refractivity contribution in [3.8, 4) is 0 Å². The van der Waals surface area contributed by atoms with Gasteiger partial charge in [0.05, 0.1) is 24.0 Å². The lowest BCUT2D eigenvalue weighted by molar-refractivity contribution is 0.0601. The topological polar surface area (TPSA) is 55.6 Å². The highest BCUT2D eigenvalue weighted by Gasteiger charge is 2.15. The number of benzene rings is 1. The number of nitrogens with two attached hydrogens (primary N) is 1. The van der Waals surface area contributed by atoms with E-state index in [0.29, 0.717) is 17.3 Å². The van der Waals surface area contributed by atoms with Crippen LogP contribution in [0.2, 0.25) is 0 Å². The Morgan fingerprint density at radius 3 is 2.79 bits per heavy atom. The van der Waals surface area contributed by atoms with Gasteiger partial charge in [-0.15, -0.1) is 0 Å². The molecule has 0 radical (unpaired) electrons. The number of esters is 1. The predicted molar refractivity (Wildman–Crippen MR) is 83.1 cm³/mol. The zero-order valence-electron chi connectivity index (χ0n) is 12.0. The maximum absolute atomic E-state index is 11.6. The average molecular weight is 282 g/mol. The van der Waals surface area contributed by atoms with Crippen molar-refractivity contribution in [3.63, 3.8) is 0 Å². The van der Waals surface area contributed by atoms with E-state index in [1.807, 2.05) is 18.8 Å². The van der Waals surface area contributed by atoms with Gasteiger partial charge < -0.3 is 15.4 Å². The highest BCUT2D eigenvalue weighted by Crippen LogP contribution is 2.26. The quantitative estimate of drug-likeness (QED) is 0.642. The van der Waals surface area contributed by atoms with Crippen molar-refractivity contribution in [3.05, 3.63) is 23.8 Å². The van der Waals surface area contributed by atoms with Crippen LogP contribution in [0.5, 0.6) is 0 Å². The van der Waals surface area contributed by atoms with Gasteiger partial charge in [-0.3, -0.25) is 0 Å². The largest absolute Gasteiger partial charge is 0.465 e. The number of rotatable bonds is 6. The van der Waals surface area contributed by atoms with E-state index < -0.39 is 0 Å². The smallest absolute Gasteiger partial charge is 0.337 e. The van der Waals surface area contributed by atoms with Crippen molar-refractivity contribution in [1.29, 1.82) is 0 Å². The van der Waals surface area contributed by atoms with E-state index in [9.17, 15) is 4.79 Å². The number of carbonyl (C=O) groups excluding carboxylic acids is 1. The van der Waals surface area contributed by atoms with Crippen LogP contribution in [0.25, 0.3) is 0 Å². The van der Waals surface area contributed by atoms with Crippen molar-refractivity contribution in [2.45, 2.75) is 19.4 Å². The van der Waals surface area contributed by atoms with Gasteiger partial charge in [0.2, 0.25) is 0 Å². The number of nitrogens with zero attached hydrogens (tertiary/aromatic N) is 1. The molecule has 0 amide bonds. The zero-order chi connectivity index (χ0) is 14.4. The Kier molecular flexibility index (Phi) is 6.02. The van der Waals surface area contributed by atoms with Crippen molar-refractivity contribution in [2.24, 2.45) is 0 Å². The molecule has 0 bridgehead atoms. The first-order chi connectivity index (χ1) is 9.01. The van der Waals surface area contributed by atoms with Crippen LogP contribution in [0, 0.1) is 0 Å². The molecule has 0 saturated carbocycles.